The fourth-order valence-electron chi connectivity index (χ4n) is 1.17. The van der Waals surface area contributed by atoms with Crippen molar-refractivity contribution >= 4 is 0 Å². The largest absolute Gasteiger partial charge is 0.378 e. The van der Waals surface area contributed by atoms with Gasteiger partial charge in [0.25, 0.3) is 0 Å². The highest BCUT2D eigenvalue weighted by molar-refractivity contribution is 4.84. The van der Waals surface area contributed by atoms with Gasteiger partial charge in [0.1, 0.15) is 0 Å². The first-order valence-corrected chi connectivity index (χ1v) is 3.65. The fraction of sp³-hybridized carbons (Fsp3) is 1.00. The van der Waals surface area contributed by atoms with Gasteiger partial charge < -0.3 is 10.1 Å². The maximum absolute atomic E-state index is 5.37. The number of hydrogen-bond acceptors (Lipinski definition) is 2. The summed E-state index contributed by atoms with van der Waals surface area (Å²) in [5.74, 6) is 0. The molecule has 54 valence electrons. The second kappa shape index (κ2) is 3.18. The summed E-state index contributed by atoms with van der Waals surface area (Å²) in [4.78, 5) is 0. The lowest BCUT2D eigenvalue weighted by Gasteiger charge is -2.34. The first-order chi connectivity index (χ1) is 4.36. The average molecular weight is 129 g/mol. The smallest absolute Gasteiger partial charge is 0.0604 e. The van der Waals surface area contributed by atoms with E-state index in [-0.39, 0.29) is 0 Å². The Morgan fingerprint density at radius 3 is 2.67 bits per heavy atom. The summed E-state index contributed by atoms with van der Waals surface area (Å²) in [6.07, 6.45) is 2.95. The van der Waals surface area contributed by atoms with Gasteiger partial charge in [0.05, 0.1) is 6.10 Å². The van der Waals surface area contributed by atoms with Crippen LogP contribution in [-0.4, -0.2) is 25.8 Å². The van der Waals surface area contributed by atoms with Crippen molar-refractivity contribution in [3.05, 3.63) is 0 Å². The zero-order valence-corrected chi connectivity index (χ0v) is 6.18. The summed E-state index contributed by atoms with van der Waals surface area (Å²) in [6.45, 7) is 2.91. The Morgan fingerprint density at radius 2 is 2.22 bits per heavy atom. The Morgan fingerprint density at radius 1 is 1.56 bits per heavy atom. The summed E-state index contributed by atoms with van der Waals surface area (Å²) in [7, 11) is 2.01. The van der Waals surface area contributed by atoms with Gasteiger partial charge in [0.2, 0.25) is 0 Å². The molecule has 1 fully saturated rings. The first kappa shape index (κ1) is 7.03. The van der Waals surface area contributed by atoms with Crippen molar-refractivity contribution in [3.8, 4) is 0 Å². The van der Waals surface area contributed by atoms with E-state index in [1.54, 1.807) is 0 Å². The molecule has 0 heterocycles. The van der Waals surface area contributed by atoms with E-state index in [1.807, 2.05) is 14.0 Å². The van der Waals surface area contributed by atoms with Crippen LogP contribution >= 0.6 is 0 Å². The summed E-state index contributed by atoms with van der Waals surface area (Å²) in [5, 5.41) is 3.21. The third-order valence-electron chi connectivity index (χ3n) is 1.91. The van der Waals surface area contributed by atoms with Crippen LogP contribution in [-0.2, 0) is 4.74 Å². The molecule has 0 aromatic heterocycles. The Balaban J connectivity index is 1.98. The van der Waals surface area contributed by atoms with E-state index in [4.69, 9.17) is 4.74 Å². The third-order valence-corrected chi connectivity index (χ3v) is 1.91. The molecule has 2 heteroatoms. The Labute approximate surface area is 56.6 Å². The van der Waals surface area contributed by atoms with Gasteiger partial charge in [0.15, 0.2) is 0 Å². The van der Waals surface area contributed by atoms with Crippen molar-refractivity contribution in [1.29, 1.82) is 0 Å². The SMILES string of the molecule is CCOC1CC(NC)C1. The van der Waals surface area contributed by atoms with Crippen LogP contribution in [0.5, 0.6) is 0 Å². The van der Waals surface area contributed by atoms with Gasteiger partial charge in [0, 0.05) is 12.6 Å². The van der Waals surface area contributed by atoms with Crippen LogP contribution in [0, 0.1) is 0 Å². The molecule has 1 N–H and O–H groups in total. The lowest BCUT2D eigenvalue weighted by atomic mass is 9.89. The number of nitrogens with one attached hydrogen (secondary N) is 1. The van der Waals surface area contributed by atoms with Crippen molar-refractivity contribution in [2.24, 2.45) is 0 Å². The topological polar surface area (TPSA) is 21.3 Å². The summed E-state index contributed by atoms with van der Waals surface area (Å²) >= 11 is 0. The standard InChI is InChI=1S/C7H15NO/c1-3-9-7-4-6(5-7)8-2/h6-8H,3-5H2,1-2H3. The van der Waals surface area contributed by atoms with Gasteiger partial charge >= 0.3 is 0 Å². The summed E-state index contributed by atoms with van der Waals surface area (Å²) in [5.41, 5.74) is 0. The maximum atomic E-state index is 5.37. The minimum atomic E-state index is 0.549. The van der Waals surface area contributed by atoms with Gasteiger partial charge in [-0.2, -0.15) is 0 Å². The number of ether oxygens (including phenoxy) is 1. The predicted octanol–water partition coefficient (Wildman–Crippen LogP) is 0.773. The van der Waals surface area contributed by atoms with E-state index in [0.29, 0.717) is 6.10 Å². The number of hydrogen-bond donors (Lipinski definition) is 1. The molecule has 0 aromatic rings. The first-order valence-electron chi connectivity index (χ1n) is 3.65. The second-order valence-electron chi connectivity index (χ2n) is 2.53. The summed E-state index contributed by atoms with van der Waals surface area (Å²) in [6, 6.07) is 0.724. The van der Waals surface area contributed by atoms with Gasteiger partial charge in [-0.1, -0.05) is 0 Å². The lowest BCUT2D eigenvalue weighted by Crippen LogP contribution is -2.43. The van der Waals surface area contributed by atoms with Crippen LogP contribution in [0.15, 0.2) is 0 Å². The Bertz CT molecular complexity index is 79.0. The molecule has 1 saturated carbocycles. The van der Waals surface area contributed by atoms with Crippen LogP contribution in [0.2, 0.25) is 0 Å². The van der Waals surface area contributed by atoms with E-state index in [0.717, 1.165) is 12.6 Å². The zero-order chi connectivity index (χ0) is 6.69. The molecule has 1 aliphatic rings. The summed E-state index contributed by atoms with van der Waals surface area (Å²) < 4.78 is 5.37. The maximum Gasteiger partial charge on any atom is 0.0604 e. The van der Waals surface area contributed by atoms with E-state index in [2.05, 4.69) is 5.32 Å². The van der Waals surface area contributed by atoms with Crippen molar-refractivity contribution in [1.82, 2.24) is 5.32 Å². The van der Waals surface area contributed by atoms with Crippen LogP contribution in [0.3, 0.4) is 0 Å². The van der Waals surface area contributed by atoms with Crippen LogP contribution in [0.25, 0.3) is 0 Å². The molecule has 0 radical (unpaired) electrons. The highest BCUT2D eigenvalue weighted by Crippen LogP contribution is 2.22. The molecular weight excluding hydrogens is 114 g/mol. The van der Waals surface area contributed by atoms with Gasteiger partial charge in [-0.05, 0) is 26.8 Å². The molecule has 0 bridgehead atoms. The monoisotopic (exact) mass is 129 g/mol. The normalized spacial score (nSPS) is 34.0. The van der Waals surface area contributed by atoms with Crippen molar-refractivity contribution in [2.45, 2.75) is 31.9 Å². The molecular formula is C7H15NO. The molecule has 0 aliphatic heterocycles. The molecule has 9 heavy (non-hydrogen) atoms. The van der Waals surface area contributed by atoms with Crippen molar-refractivity contribution in [3.63, 3.8) is 0 Å². The molecule has 0 saturated heterocycles. The molecule has 0 aromatic carbocycles. The minimum Gasteiger partial charge on any atom is -0.378 e. The van der Waals surface area contributed by atoms with E-state index in [9.17, 15) is 0 Å². The van der Waals surface area contributed by atoms with Gasteiger partial charge in [-0.15, -0.1) is 0 Å². The third kappa shape index (κ3) is 1.66. The molecule has 0 spiro atoms. The van der Waals surface area contributed by atoms with Crippen LogP contribution < -0.4 is 5.32 Å². The van der Waals surface area contributed by atoms with E-state index in [1.165, 1.54) is 12.8 Å². The second-order valence-corrected chi connectivity index (χ2v) is 2.53. The quantitative estimate of drug-likeness (QED) is 0.608. The Kier molecular flexibility index (Phi) is 2.49. The molecule has 0 amide bonds. The van der Waals surface area contributed by atoms with Gasteiger partial charge in [-0.25, -0.2) is 0 Å². The van der Waals surface area contributed by atoms with Crippen molar-refractivity contribution in [2.75, 3.05) is 13.7 Å². The molecule has 0 atom stereocenters. The van der Waals surface area contributed by atoms with E-state index >= 15 is 0 Å². The zero-order valence-electron chi connectivity index (χ0n) is 6.18. The lowest BCUT2D eigenvalue weighted by molar-refractivity contribution is -0.00809. The molecule has 0 unspecified atom stereocenters. The predicted molar refractivity (Wildman–Crippen MR) is 37.5 cm³/mol. The molecule has 2 nitrogen and oxygen atoms in total. The minimum absolute atomic E-state index is 0.549. The van der Waals surface area contributed by atoms with Crippen LogP contribution in [0.1, 0.15) is 19.8 Å². The Hall–Kier alpha value is -0.0800. The highest BCUT2D eigenvalue weighted by Gasteiger charge is 2.27. The average Bonchev–Trinajstić information content (AvgIpc) is 1.77. The molecule has 1 aliphatic carbocycles. The van der Waals surface area contributed by atoms with Gasteiger partial charge in [-0.3, -0.25) is 0 Å². The van der Waals surface area contributed by atoms with Crippen LogP contribution in [0.4, 0.5) is 0 Å². The fourth-order valence-corrected chi connectivity index (χ4v) is 1.17. The van der Waals surface area contributed by atoms with Crippen molar-refractivity contribution < 1.29 is 4.74 Å². The number of rotatable bonds is 3. The van der Waals surface area contributed by atoms with E-state index < -0.39 is 0 Å². The highest BCUT2D eigenvalue weighted by atomic mass is 16.5. The molecule has 1 rings (SSSR count).